The van der Waals surface area contributed by atoms with E-state index in [9.17, 15) is 13.2 Å². The number of nitrogens with two attached hydrogens (primary N) is 1. The number of benzene rings is 1. The van der Waals surface area contributed by atoms with Crippen molar-refractivity contribution < 1.29 is 13.2 Å². The van der Waals surface area contributed by atoms with Crippen LogP contribution in [0.3, 0.4) is 0 Å². The molecule has 0 amide bonds. The van der Waals surface area contributed by atoms with E-state index in [1.54, 1.807) is 6.07 Å². The van der Waals surface area contributed by atoms with Crippen LogP contribution >= 0.6 is 11.3 Å². The Balaban J connectivity index is 2.17. The highest BCUT2D eigenvalue weighted by atomic mass is 32.1. The van der Waals surface area contributed by atoms with E-state index in [4.69, 9.17) is 5.73 Å². The standard InChI is InChI=1S/C12H12F3N3S/c1-7(5-10-17-18-11(16)19-10)8-3-2-4-9(6-8)12(13,14)15/h2-4,6-7H,5H2,1H3,(H2,16,18). The van der Waals surface area contributed by atoms with Gasteiger partial charge in [-0.2, -0.15) is 13.2 Å². The Kier molecular flexibility index (Phi) is 3.75. The molecule has 19 heavy (non-hydrogen) atoms. The van der Waals surface area contributed by atoms with Gasteiger partial charge in [0.25, 0.3) is 0 Å². The maximum atomic E-state index is 12.6. The van der Waals surface area contributed by atoms with E-state index in [1.165, 1.54) is 23.5 Å². The molecular weight excluding hydrogens is 275 g/mol. The lowest BCUT2D eigenvalue weighted by atomic mass is 9.96. The van der Waals surface area contributed by atoms with Gasteiger partial charge >= 0.3 is 6.18 Å². The largest absolute Gasteiger partial charge is 0.416 e. The molecule has 1 heterocycles. The van der Waals surface area contributed by atoms with Crippen molar-refractivity contribution in [2.75, 3.05) is 5.73 Å². The number of halogens is 3. The molecule has 0 bridgehead atoms. The Morgan fingerprint density at radius 1 is 1.32 bits per heavy atom. The third kappa shape index (κ3) is 3.44. The van der Waals surface area contributed by atoms with E-state index >= 15 is 0 Å². The van der Waals surface area contributed by atoms with Crippen molar-refractivity contribution in [2.45, 2.75) is 25.4 Å². The summed E-state index contributed by atoms with van der Waals surface area (Å²) < 4.78 is 37.9. The smallest absolute Gasteiger partial charge is 0.374 e. The summed E-state index contributed by atoms with van der Waals surface area (Å²) in [4.78, 5) is 0. The molecule has 1 aromatic carbocycles. The lowest BCUT2D eigenvalue weighted by Gasteiger charge is -2.13. The average Bonchev–Trinajstić information content (AvgIpc) is 2.74. The van der Waals surface area contributed by atoms with E-state index in [0.717, 1.165) is 11.1 Å². The van der Waals surface area contributed by atoms with Crippen molar-refractivity contribution in [1.29, 1.82) is 0 Å². The molecule has 0 aliphatic heterocycles. The van der Waals surface area contributed by atoms with Crippen LogP contribution in [0.4, 0.5) is 18.3 Å². The second-order valence-electron chi connectivity index (χ2n) is 4.26. The van der Waals surface area contributed by atoms with Gasteiger partial charge in [-0.15, -0.1) is 10.2 Å². The molecule has 0 spiro atoms. The molecule has 2 N–H and O–H groups in total. The van der Waals surface area contributed by atoms with E-state index in [0.29, 0.717) is 17.1 Å². The molecule has 0 saturated carbocycles. The minimum absolute atomic E-state index is 0.0744. The number of anilines is 1. The lowest BCUT2D eigenvalue weighted by Crippen LogP contribution is -2.07. The van der Waals surface area contributed by atoms with Gasteiger partial charge in [0, 0.05) is 6.42 Å². The highest BCUT2D eigenvalue weighted by molar-refractivity contribution is 7.15. The molecule has 2 rings (SSSR count). The quantitative estimate of drug-likeness (QED) is 0.940. The SMILES string of the molecule is CC(Cc1nnc(N)s1)c1cccc(C(F)(F)F)c1. The van der Waals surface area contributed by atoms with Gasteiger partial charge in [-0.05, 0) is 17.5 Å². The first-order valence-corrected chi connectivity index (χ1v) is 6.43. The lowest BCUT2D eigenvalue weighted by molar-refractivity contribution is -0.137. The summed E-state index contributed by atoms with van der Waals surface area (Å²) in [5, 5.41) is 8.65. The third-order valence-electron chi connectivity index (χ3n) is 2.75. The van der Waals surface area contributed by atoms with Gasteiger partial charge in [0.15, 0.2) is 0 Å². The van der Waals surface area contributed by atoms with Crippen LogP contribution < -0.4 is 5.73 Å². The van der Waals surface area contributed by atoms with Gasteiger partial charge in [-0.25, -0.2) is 0 Å². The van der Waals surface area contributed by atoms with Crippen molar-refractivity contribution in [3.05, 3.63) is 40.4 Å². The van der Waals surface area contributed by atoms with E-state index in [-0.39, 0.29) is 5.92 Å². The van der Waals surface area contributed by atoms with Crippen LogP contribution in [0.5, 0.6) is 0 Å². The number of hydrogen-bond donors (Lipinski definition) is 1. The average molecular weight is 287 g/mol. The zero-order valence-corrected chi connectivity index (χ0v) is 10.9. The molecule has 7 heteroatoms. The number of hydrogen-bond acceptors (Lipinski definition) is 4. The van der Waals surface area contributed by atoms with E-state index < -0.39 is 11.7 Å². The fourth-order valence-electron chi connectivity index (χ4n) is 1.75. The predicted molar refractivity (Wildman–Crippen MR) is 67.9 cm³/mol. The van der Waals surface area contributed by atoms with E-state index in [2.05, 4.69) is 10.2 Å². The van der Waals surface area contributed by atoms with Crippen LogP contribution in [-0.4, -0.2) is 10.2 Å². The molecule has 0 aliphatic rings. The molecule has 1 unspecified atom stereocenters. The molecule has 0 radical (unpaired) electrons. The van der Waals surface area contributed by atoms with Crippen LogP contribution in [0.2, 0.25) is 0 Å². The van der Waals surface area contributed by atoms with Crippen molar-refractivity contribution in [3.8, 4) is 0 Å². The fraction of sp³-hybridized carbons (Fsp3) is 0.333. The van der Waals surface area contributed by atoms with Gasteiger partial charge in [0.1, 0.15) is 5.01 Å². The zero-order valence-electron chi connectivity index (χ0n) is 10.1. The van der Waals surface area contributed by atoms with Gasteiger partial charge in [0.2, 0.25) is 5.13 Å². The topological polar surface area (TPSA) is 51.8 Å². The summed E-state index contributed by atoms with van der Waals surface area (Å²) >= 11 is 1.25. The van der Waals surface area contributed by atoms with Crippen LogP contribution in [-0.2, 0) is 12.6 Å². The highest BCUT2D eigenvalue weighted by Crippen LogP contribution is 2.32. The van der Waals surface area contributed by atoms with Crippen LogP contribution in [0.25, 0.3) is 0 Å². The Bertz CT molecular complexity index is 565. The van der Waals surface area contributed by atoms with E-state index in [1.807, 2.05) is 6.92 Å². The molecule has 3 nitrogen and oxygen atoms in total. The summed E-state index contributed by atoms with van der Waals surface area (Å²) in [5.41, 5.74) is 5.47. The van der Waals surface area contributed by atoms with Gasteiger partial charge in [-0.3, -0.25) is 0 Å². The molecule has 1 atom stereocenters. The molecule has 102 valence electrons. The Hall–Kier alpha value is -1.63. The first kappa shape index (κ1) is 13.8. The molecule has 2 aromatic rings. The van der Waals surface area contributed by atoms with Crippen LogP contribution in [0.15, 0.2) is 24.3 Å². The first-order chi connectivity index (χ1) is 8.86. The van der Waals surface area contributed by atoms with Gasteiger partial charge < -0.3 is 5.73 Å². The monoisotopic (exact) mass is 287 g/mol. The third-order valence-corrected chi connectivity index (χ3v) is 3.52. The molecule has 1 aromatic heterocycles. The summed E-state index contributed by atoms with van der Waals surface area (Å²) in [6.45, 7) is 1.85. The summed E-state index contributed by atoms with van der Waals surface area (Å²) in [7, 11) is 0. The number of nitrogens with zero attached hydrogens (tertiary/aromatic N) is 2. The summed E-state index contributed by atoms with van der Waals surface area (Å²) in [5.74, 6) is -0.0744. The summed E-state index contributed by atoms with van der Waals surface area (Å²) in [6.07, 6.45) is -3.79. The van der Waals surface area contributed by atoms with Crippen LogP contribution in [0.1, 0.15) is 29.0 Å². The maximum absolute atomic E-state index is 12.6. The van der Waals surface area contributed by atoms with Gasteiger partial charge in [-0.1, -0.05) is 36.5 Å². The minimum Gasteiger partial charge on any atom is -0.374 e. The number of alkyl halides is 3. The zero-order chi connectivity index (χ0) is 14.0. The van der Waals surface area contributed by atoms with Crippen LogP contribution in [0, 0.1) is 0 Å². The fourth-order valence-corrected chi connectivity index (χ4v) is 2.49. The van der Waals surface area contributed by atoms with Crippen molar-refractivity contribution in [2.24, 2.45) is 0 Å². The second kappa shape index (κ2) is 5.16. The second-order valence-corrected chi connectivity index (χ2v) is 5.36. The van der Waals surface area contributed by atoms with Crippen molar-refractivity contribution >= 4 is 16.5 Å². The van der Waals surface area contributed by atoms with Crippen molar-refractivity contribution in [1.82, 2.24) is 10.2 Å². The first-order valence-electron chi connectivity index (χ1n) is 5.61. The Morgan fingerprint density at radius 3 is 2.63 bits per heavy atom. The maximum Gasteiger partial charge on any atom is 0.416 e. The Morgan fingerprint density at radius 2 is 2.05 bits per heavy atom. The molecular formula is C12H12F3N3S. The number of rotatable bonds is 3. The molecule has 0 fully saturated rings. The van der Waals surface area contributed by atoms with Gasteiger partial charge in [0.05, 0.1) is 5.56 Å². The highest BCUT2D eigenvalue weighted by Gasteiger charge is 2.30. The number of nitrogen functional groups attached to an aromatic ring is 1. The normalized spacial score (nSPS) is 13.5. The number of aromatic nitrogens is 2. The molecule has 0 aliphatic carbocycles. The minimum atomic E-state index is -4.32. The Labute approximate surface area is 112 Å². The molecule has 0 saturated heterocycles. The summed E-state index contributed by atoms with van der Waals surface area (Å²) in [6, 6.07) is 5.35. The predicted octanol–water partition coefficient (Wildman–Crippen LogP) is 3.49. The van der Waals surface area contributed by atoms with Crippen molar-refractivity contribution in [3.63, 3.8) is 0 Å².